The maximum Gasteiger partial charge on any atom is 0.263 e. The molecule has 1 aliphatic heterocycles. The molecular weight excluding hydrogens is 518 g/mol. The molecule has 2 aromatic carbocycles. The van der Waals surface area contributed by atoms with Crippen LogP contribution in [0.15, 0.2) is 58.5 Å². The first kappa shape index (κ1) is 25.1. The Kier molecular flexibility index (Phi) is 7.07. The predicted molar refractivity (Wildman–Crippen MR) is 140 cm³/mol. The minimum absolute atomic E-state index is 0.0189. The third-order valence-corrected chi connectivity index (χ3v) is 8.18. The minimum Gasteiger partial charge on any atom is -0.337 e. The van der Waals surface area contributed by atoms with Crippen LogP contribution in [0.3, 0.4) is 0 Å². The molecule has 0 spiro atoms. The molecular formula is C26H22F2N4O3S2. The topological polar surface area (TPSA) is 84.3 Å². The number of benzene rings is 2. The first-order valence-corrected chi connectivity index (χ1v) is 13.3. The van der Waals surface area contributed by atoms with Crippen molar-refractivity contribution in [3.8, 4) is 0 Å². The third-order valence-electron chi connectivity index (χ3n) is 6.09. The van der Waals surface area contributed by atoms with E-state index in [-0.39, 0.29) is 29.5 Å². The Hall–Kier alpha value is -3.57. The highest BCUT2D eigenvalue weighted by atomic mass is 32.2. The summed E-state index contributed by atoms with van der Waals surface area (Å²) in [5.74, 6) is -2.15. The maximum atomic E-state index is 13.9. The molecule has 0 radical (unpaired) electrons. The molecule has 11 heteroatoms. The molecule has 0 unspecified atom stereocenters. The number of nitrogens with zero attached hydrogens (tertiary/aromatic N) is 3. The van der Waals surface area contributed by atoms with Gasteiger partial charge in [-0.25, -0.2) is 13.8 Å². The van der Waals surface area contributed by atoms with Gasteiger partial charge in [0, 0.05) is 24.4 Å². The van der Waals surface area contributed by atoms with E-state index in [4.69, 9.17) is 4.98 Å². The van der Waals surface area contributed by atoms with E-state index in [1.165, 1.54) is 18.3 Å². The molecule has 2 amide bonds. The van der Waals surface area contributed by atoms with E-state index in [0.717, 1.165) is 46.0 Å². The summed E-state index contributed by atoms with van der Waals surface area (Å²) in [7, 11) is 0. The first-order chi connectivity index (χ1) is 17.8. The van der Waals surface area contributed by atoms with Gasteiger partial charge in [0.05, 0.1) is 29.9 Å². The number of amides is 2. The molecule has 37 heavy (non-hydrogen) atoms. The smallest absolute Gasteiger partial charge is 0.263 e. The van der Waals surface area contributed by atoms with Crippen molar-refractivity contribution < 1.29 is 18.4 Å². The number of aromatic nitrogens is 2. The third kappa shape index (κ3) is 5.28. The number of thiophene rings is 1. The van der Waals surface area contributed by atoms with Crippen LogP contribution in [0.1, 0.15) is 22.9 Å². The Balaban J connectivity index is 1.48. The number of hydrogen-bond acceptors (Lipinski definition) is 6. The van der Waals surface area contributed by atoms with Crippen LogP contribution in [-0.4, -0.2) is 38.6 Å². The fourth-order valence-electron chi connectivity index (χ4n) is 4.25. The van der Waals surface area contributed by atoms with E-state index in [1.54, 1.807) is 9.47 Å². The summed E-state index contributed by atoms with van der Waals surface area (Å²) in [6, 6.07) is 12.3. The number of fused-ring (bicyclic) bond motifs is 3. The van der Waals surface area contributed by atoms with Crippen LogP contribution in [0.2, 0.25) is 0 Å². The van der Waals surface area contributed by atoms with Gasteiger partial charge >= 0.3 is 0 Å². The van der Waals surface area contributed by atoms with Gasteiger partial charge in [-0.15, -0.1) is 11.3 Å². The molecule has 0 saturated carbocycles. The highest BCUT2D eigenvalue weighted by molar-refractivity contribution is 7.99. The van der Waals surface area contributed by atoms with Crippen molar-refractivity contribution in [2.75, 3.05) is 17.6 Å². The Bertz CT molecular complexity index is 1570. The highest BCUT2D eigenvalue weighted by Crippen LogP contribution is 2.34. The molecule has 0 bridgehead atoms. The minimum atomic E-state index is -0.746. The number of carbonyl (C=O) groups excluding carboxylic acids is 2. The number of hydrogen-bond donors (Lipinski definition) is 1. The van der Waals surface area contributed by atoms with E-state index in [0.29, 0.717) is 34.9 Å². The zero-order valence-electron chi connectivity index (χ0n) is 19.8. The van der Waals surface area contributed by atoms with Gasteiger partial charge in [0.2, 0.25) is 11.8 Å². The quantitative estimate of drug-likeness (QED) is 0.289. The summed E-state index contributed by atoms with van der Waals surface area (Å²) >= 11 is 2.43. The lowest BCUT2D eigenvalue weighted by molar-refractivity contribution is -0.129. The summed E-state index contributed by atoms with van der Waals surface area (Å²) < 4.78 is 29.0. The van der Waals surface area contributed by atoms with Crippen molar-refractivity contribution in [2.45, 2.75) is 31.6 Å². The van der Waals surface area contributed by atoms with E-state index in [2.05, 4.69) is 5.32 Å². The average Bonchev–Trinajstić information content (AvgIpc) is 3.25. The number of halogens is 2. The van der Waals surface area contributed by atoms with Gasteiger partial charge in [0.1, 0.15) is 16.5 Å². The molecule has 2 aromatic heterocycles. The van der Waals surface area contributed by atoms with E-state index >= 15 is 0 Å². The van der Waals surface area contributed by atoms with E-state index in [9.17, 15) is 23.2 Å². The second kappa shape index (κ2) is 10.4. The lowest BCUT2D eigenvalue weighted by Crippen LogP contribution is -2.34. The van der Waals surface area contributed by atoms with Crippen LogP contribution in [0.5, 0.6) is 0 Å². The van der Waals surface area contributed by atoms with Gasteiger partial charge in [-0.2, -0.15) is 0 Å². The lowest BCUT2D eigenvalue weighted by Gasteiger charge is -2.25. The zero-order chi connectivity index (χ0) is 26.1. The maximum absolute atomic E-state index is 13.9. The lowest BCUT2D eigenvalue weighted by atomic mass is 10.1. The standard InChI is InChI=1S/C26H22F2N4O3S2/c1-15(33)31-10-9-18-21(13-31)37-24-23(18)25(35)32(12-16-5-3-2-4-6-16)26(30-24)36-14-22(34)29-20-11-17(27)7-8-19(20)28/h2-8,11H,9-10,12-14H2,1H3,(H,29,34). The Morgan fingerprint density at radius 3 is 2.70 bits per heavy atom. The van der Waals surface area contributed by atoms with Crippen molar-refractivity contribution in [2.24, 2.45) is 0 Å². The van der Waals surface area contributed by atoms with Gasteiger partial charge in [-0.1, -0.05) is 42.1 Å². The van der Waals surface area contributed by atoms with Crippen molar-refractivity contribution in [1.82, 2.24) is 14.5 Å². The summed E-state index contributed by atoms with van der Waals surface area (Å²) in [5.41, 5.74) is 1.36. The number of anilines is 1. The van der Waals surface area contributed by atoms with Crippen LogP contribution >= 0.6 is 23.1 Å². The summed E-state index contributed by atoms with van der Waals surface area (Å²) in [5, 5.41) is 3.27. The average molecular weight is 541 g/mol. The summed E-state index contributed by atoms with van der Waals surface area (Å²) in [4.78, 5) is 46.2. The number of thioether (sulfide) groups is 1. The Labute approximate surface area is 219 Å². The van der Waals surface area contributed by atoms with Crippen molar-refractivity contribution in [1.29, 1.82) is 0 Å². The Morgan fingerprint density at radius 2 is 1.95 bits per heavy atom. The number of carbonyl (C=O) groups is 2. The molecule has 0 saturated heterocycles. The van der Waals surface area contributed by atoms with Crippen LogP contribution < -0.4 is 10.9 Å². The predicted octanol–water partition coefficient (Wildman–Crippen LogP) is 4.42. The van der Waals surface area contributed by atoms with Crippen LogP contribution in [0.25, 0.3) is 10.2 Å². The summed E-state index contributed by atoms with van der Waals surface area (Å²) in [6.45, 7) is 2.77. The fourth-order valence-corrected chi connectivity index (χ4v) is 6.33. The van der Waals surface area contributed by atoms with Crippen LogP contribution in [0.4, 0.5) is 14.5 Å². The number of nitrogens with one attached hydrogen (secondary N) is 1. The van der Waals surface area contributed by atoms with Gasteiger partial charge in [-0.3, -0.25) is 19.0 Å². The van der Waals surface area contributed by atoms with Gasteiger partial charge in [-0.05, 0) is 29.7 Å². The molecule has 7 nitrogen and oxygen atoms in total. The molecule has 0 fully saturated rings. The molecule has 3 heterocycles. The first-order valence-electron chi connectivity index (χ1n) is 11.5. The van der Waals surface area contributed by atoms with Gasteiger partial charge < -0.3 is 10.2 Å². The second-order valence-electron chi connectivity index (χ2n) is 8.61. The molecule has 0 atom stereocenters. The molecule has 5 rings (SSSR count). The van der Waals surface area contributed by atoms with Crippen LogP contribution in [0, 0.1) is 11.6 Å². The molecule has 190 valence electrons. The monoisotopic (exact) mass is 540 g/mol. The summed E-state index contributed by atoms with van der Waals surface area (Å²) in [6.07, 6.45) is 0.575. The van der Waals surface area contributed by atoms with E-state index < -0.39 is 17.5 Å². The van der Waals surface area contributed by atoms with Gasteiger partial charge in [0.15, 0.2) is 5.16 Å². The molecule has 1 N–H and O–H groups in total. The Morgan fingerprint density at radius 1 is 1.16 bits per heavy atom. The second-order valence-corrected chi connectivity index (χ2v) is 10.6. The fraction of sp³-hybridized carbons (Fsp3) is 0.231. The molecule has 0 aliphatic carbocycles. The zero-order valence-corrected chi connectivity index (χ0v) is 21.4. The largest absolute Gasteiger partial charge is 0.337 e. The SMILES string of the molecule is CC(=O)N1CCc2c(sc3nc(SCC(=O)Nc4cc(F)ccc4F)n(Cc4ccccc4)c(=O)c23)C1. The van der Waals surface area contributed by atoms with Crippen molar-refractivity contribution in [3.05, 3.63) is 86.5 Å². The highest BCUT2D eigenvalue weighted by Gasteiger charge is 2.26. The van der Waals surface area contributed by atoms with Crippen LogP contribution in [-0.2, 0) is 29.1 Å². The van der Waals surface area contributed by atoms with Crippen molar-refractivity contribution in [3.63, 3.8) is 0 Å². The molecule has 4 aromatic rings. The molecule has 1 aliphatic rings. The van der Waals surface area contributed by atoms with Crippen molar-refractivity contribution >= 4 is 50.8 Å². The normalized spacial score (nSPS) is 13.0. The van der Waals surface area contributed by atoms with Gasteiger partial charge in [0.25, 0.3) is 5.56 Å². The number of rotatable bonds is 6. The van der Waals surface area contributed by atoms with E-state index in [1.807, 2.05) is 30.3 Å².